The second kappa shape index (κ2) is 6.11. The minimum Gasteiger partial charge on any atom is -0.309 e. The Morgan fingerprint density at radius 3 is 2.56 bits per heavy atom. The Morgan fingerprint density at radius 1 is 1.38 bits per heavy atom. The number of alkyl halides is 2. The summed E-state index contributed by atoms with van der Waals surface area (Å²) in [4.78, 5) is 0. The van der Waals surface area contributed by atoms with Gasteiger partial charge < -0.3 is 5.32 Å². The van der Waals surface area contributed by atoms with E-state index in [1.54, 1.807) is 6.92 Å². The zero-order valence-corrected chi connectivity index (χ0v) is 9.57. The van der Waals surface area contributed by atoms with Gasteiger partial charge in [-0.1, -0.05) is 24.6 Å². The van der Waals surface area contributed by atoms with Crippen LogP contribution in [0.4, 0.5) is 13.2 Å². The second-order valence-electron chi connectivity index (χ2n) is 3.45. The highest BCUT2D eigenvalue weighted by molar-refractivity contribution is 6.30. The topological polar surface area (TPSA) is 12.0 Å². The van der Waals surface area contributed by atoms with Crippen LogP contribution in [-0.2, 0) is 6.42 Å². The fourth-order valence-electron chi connectivity index (χ4n) is 1.43. The van der Waals surface area contributed by atoms with Crippen LogP contribution in [0.3, 0.4) is 0 Å². The molecule has 0 amide bonds. The minimum absolute atomic E-state index is 0.0398. The summed E-state index contributed by atoms with van der Waals surface area (Å²) >= 11 is 5.57. The normalized spacial score (nSPS) is 13.1. The van der Waals surface area contributed by atoms with E-state index in [4.69, 9.17) is 11.6 Å². The average molecular weight is 252 g/mol. The maximum Gasteiger partial charge on any atom is 0.254 e. The summed E-state index contributed by atoms with van der Waals surface area (Å²) in [5.41, 5.74) is 0.595. The van der Waals surface area contributed by atoms with Gasteiger partial charge in [-0.2, -0.15) is 0 Å². The zero-order valence-electron chi connectivity index (χ0n) is 8.81. The fraction of sp³-hybridized carbons (Fsp3) is 0.455. The van der Waals surface area contributed by atoms with Crippen LogP contribution < -0.4 is 5.32 Å². The van der Waals surface area contributed by atoms with Gasteiger partial charge in [0, 0.05) is 0 Å². The van der Waals surface area contributed by atoms with Gasteiger partial charge in [0.1, 0.15) is 5.82 Å². The highest BCUT2D eigenvalue weighted by Crippen LogP contribution is 2.18. The van der Waals surface area contributed by atoms with E-state index in [2.05, 4.69) is 5.32 Å². The lowest BCUT2D eigenvalue weighted by molar-refractivity contribution is 0.0991. The molecule has 1 rings (SSSR count). The SMILES string of the molecule is CCNC(Cc1ccc(F)c(Cl)c1)C(F)F. The van der Waals surface area contributed by atoms with E-state index in [0.29, 0.717) is 12.1 Å². The van der Waals surface area contributed by atoms with Gasteiger partial charge in [-0.3, -0.25) is 0 Å². The molecule has 0 aliphatic rings. The Labute approximate surface area is 97.6 Å². The molecule has 0 fully saturated rings. The molecule has 0 heterocycles. The number of likely N-dealkylation sites (N-methyl/N-ethyl adjacent to an activating group) is 1. The van der Waals surface area contributed by atoms with Crippen molar-refractivity contribution >= 4 is 11.6 Å². The summed E-state index contributed by atoms with van der Waals surface area (Å²) in [6, 6.07) is 3.11. The molecule has 0 bridgehead atoms. The van der Waals surface area contributed by atoms with E-state index >= 15 is 0 Å². The second-order valence-corrected chi connectivity index (χ2v) is 3.86. The van der Waals surface area contributed by atoms with E-state index in [9.17, 15) is 13.2 Å². The quantitative estimate of drug-likeness (QED) is 0.847. The highest BCUT2D eigenvalue weighted by atomic mass is 35.5. The lowest BCUT2D eigenvalue weighted by Crippen LogP contribution is -2.37. The molecule has 0 saturated carbocycles. The molecule has 0 radical (unpaired) electrons. The Balaban J connectivity index is 2.73. The number of benzene rings is 1. The third kappa shape index (κ3) is 3.68. The van der Waals surface area contributed by atoms with Crippen LogP contribution >= 0.6 is 11.6 Å². The first-order chi connectivity index (χ1) is 7.54. The summed E-state index contributed by atoms with van der Waals surface area (Å²) < 4.78 is 38.0. The molecule has 1 atom stereocenters. The zero-order chi connectivity index (χ0) is 12.1. The molecule has 1 aromatic rings. The van der Waals surface area contributed by atoms with Gasteiger partial charge in [0.25, 0.3) is 6.43 Å². The number of rotatable bonds is 5. The van der Waals surface area contributed by atoms with E-state index in [1.165, 1.54) is 18.2 Å². The van der Waals surface area contributed by atoms with Crippen molar-refractivity contribution < 1.29 is 13.2 Å². The molecular formula is C11H13ClF3N. The maximum atomic E-state index is 12.8. The first-order valence-corrected chi connectivity index (χ1v) is 5.37. The van der Waals surface area contributed by atoms with Crippen LogP contribution in [0.25, 0.3) is 0 Å². The summed E-state index contributed by atoms with van der Waals surface area (Å²) in [6.07, 6.45) is -2.32. The van der Waals surface area contributed by atoms with Crippen LogP contribution in [0.5, 0.6) is 0 Å². The first-order valence-electron chi connectivity index (χ1n) is 5.00. The first kappa shape index (κ1) is 13.3. The van der Waals surface area contributed by atoms with E-state index < -0.39 is 18.3 Å². The summed E-state index contributed by atoms with van der Waals surface area (Å²) in [7, 11) is 0. The summed E-state index contributed by atoms with van der Waals surface area (Å²) in [6.45, 7) is 2.22. The average Bonchev–Trinajstić information content (AvgIpc) is 2.22. The third-order valence-corrected chi connectivity index (χ3v) is 2.50. The predicted octanol–water partition coefficient (Wildman–Crippen LogP) is 3.26. The van der Waals surface area contributed by atoms with Gasteiger partial charge in [0.05, 0.1) is 11.1 Å². The Kier molecular flexibility index (Phi) is 5.09. The fourth-order valence-corrected chi connectivity index (χ4v) is 1.64. The molecule has 1 aromatic carbocycles. The van der Waals surface area contributed by atoms with Crippen LogP contribution in [0, 0.1) is 5.82 Å². The Bertz CT molecular complexity index is 344. The predicted molar refractivity (Wildman–Crippen MR) is 58.6 cm³/mol. The molecule has 1 unspecified atom stereocenters. The minimum atomic E-state index is -2.45. The van der Waals surface area contributed by atoms with Crippen LogP contribution in [-0.4, -0.2) is 19.0 Å². The van der Waals surface area contributed by atoms with Gasteiger partial charge in [0.2, 0.25) is 0 Å². The van der Waals surface area contributed by atoms with Gasteiger partial charge in [0.15, 0.2) is 0 Å². The molecule has 0 aliphatic heterocycles. The Morgan fingerprint density at radius 2 is 2.06 bits per heavy atom. The van der Waals surface area contributed by atoms with Crippen LogP contribution in [0.1, 0.15) is 12.5 Å². The van der Waals surface area contributed by atoms with Crippen molar-refractivity contribution in [1.82, 2.24) is 5.32 Å². The van der Waals surface area contributed by atoms with Crippen molar-refractivity contribution in [2.24, 2.45) is 0 Å². The molecule has 1 N–H and O–H groups in total. The molecule has 0 saturated heterocycles. The van der Waals surface area contributed by atoms with Crippen molar-refractivity contribution in [3.63, 3.8) is 0 Å². The van der Waals surface area contributed by atoms with Gasteiger partial charge in [-0.25, -0.2) is 13.2 Å². The third-order valence-electron chi connectivity index (χ3n) is 2.21. The number of hydrogen-bond donors (Lipinski definition) is 1. The highest BCUT2D eigenvalue weighted by Gasteiger charge is 2.19. The van der Waals surface area contributed by atoms with E-state index in [1.807, 2.05) is 0 Å². The number of nitrogens with one attached hydrogen (secondary N) is 1. The maximum absolute atomic E-state index is 12.8. The molecule has 5 heteroatoms. The van der Waals surface area contributed by atoms with E-state index in [-0.39, 0.29) is 11.4 Å². The van der Waals surface area contributed by atoms with Crippen molar-refractivity contribution in [3.05, 3.63) is 34.6 Å². The van der Waals surface area contributed by atoms with Crippen LogP contribution in [0.2, 0.25) is 5.02 Å². The van der Waals surface area contributed by atoms with Gasteiger partial charge in [-0.15, -0.1) is 0 Å². The van der Waals surface area contributed by atoms with Crippen LogP contribution in [0.15, 0.2) is 18.2 Å². The molecule has 1 nitrogen and oxygen atoms in total. The number of halogens is 4. The molecule has 0 spiro atoms. The largest absolute Gasteiger partial charge is 0.309 e. The molecule has 0 aromatic heterocycles. The van der Waals surface area contributed by atoms with Crippen molar-refractivity contribution in [2.45, 2.75) is 25.8 Å². The number of hydrogen-bond acceptors (Lipinski definition) is 1. The molecule has 90 valence electrons. The van der Waals surface area contributed by atoms with Crippen molar-refractivity contribution in [2.75, 3.05) is 6.54 Å². The van der Waals surface area contributed by atoms with Gasteiger partial charge in [-0.05, 0) is 30.7 Å². The summed E-state index contributed by atoms with van der Waals surface area (Å²) in [5, 5.41) is 2.64. The monoisotopic (exact) mass is 251 g/mol. The Hall–Kier alpha value is -0.740. The lowest BCUT2D eigenvalue weighted by atomic mass is 10.1. The molecule has 16 heavy (non-hydrogen) atoms. The standard InChI is InChI=1S/C11H13ClF3N/c1-2-16-10(11(14)15)6-7-3-4-9(13)8(12)5-7/h3-5,10-11,16H,2,6H2,1H3. The molecular weight excluding hydrogens is 239 g/mol. The lowest BCUT2D eigenvalue weighted by Gasteiger charge is -2.16. The van der Waals surface area contributed by atoms with Crippen molar-refractivity contribution in [1.29, 1.82) is 0 Å². The smallest absolute Gasteiger partial charge is 0.254 e. The van der Waals surface area contributed by atoms with Crippen molar-refractivity contribution in [3.8, 4) is 0 Å². The molecule has 0 aliphatic carbocycles. The summed E-state index contributed by atoms with van der Waals surface area (Å²) in [5.74, 6) is -0.539. The van der Waals surface area contributed by atoms with Gasteiger partial charge >= 0.3 is 0 Å². The van der Waals surface area contributed by atoms with E-state index in [0.717, 1.165) is 0 Å².